The van der Waals surface area contributed by atoms with Crippen LogP contribution in [0.25, 0.3) is 0 Å². The second kappa shape index (κ2) is 75.8. The highest BCUT2D eigenvalue weighted by atomic mass is 16.5. The number of hydrogen-bond acceptors (Lipinski definition) is 5. The van der Waals surface area contributed by atoms with Gasteiger partial charge in [-0.25, -0.2) is 0 Å². The van der Waals surface area contributed by atoms with Gasteiger partial charge in [0.1, 0.15) is 0 Å². The Morgan fingerprint density at radius 3 is 0.826 bits per heavy atom. The lowest BCUT2D eigenvalue weighted by atomic mass is 10.0. The zero-order valence-electron chi connectivity index (χ0n) is 58.6. The molecule has 0 aliphatic carbocycles. The molecule has 2 atom stereocenters. The molecule has 6 heteroatoms. The molecule has 0 spiro atoms. The SMILES string of the molecule is CCCCCCCCCCCCCCCC/C=C/C(O)C(CO)NC(=O)CCCCCCCCCCCCCCCCCCC/C=C\CCCCCCCCCCCCCCCCOC(=O)CCCCCCCCCCCCCCCCCCCC. The number of esters is 1. The van der Waals surface area contributed by atoms with Gasteiger partial charge in [0.05, 0.1) is 25.4 Å². The van der Waals surface area contributed by atoms with Crippen LogP contribution in [-0.2, 0) is 14.3 Å². The van der Waals surface area contributed by atoms with Gasteiger partial charge in [0.2, 0.25) is 5.91 Å². The van der Waals surface area contributed by atoms with Gasteiger partial charge in [-0.05, 0) is 57.8 Å². The van der Waals surface area contributed by atoms with Crippen LogP contribution in [0, 0.1) is 0 Å². The average Bonchev–Trinajstić information content (AvgIpc) is 3.55. The molecule has 1 amide bonds. The summed E-state index contributed by atoms with van der Waals surface area (Å²) in [5, 5.41) is 23.2. The van der Waals surface area contributed by atoms with E-state index in [2.05, 4.69) is 31.3 Å². The standard InChI is InChI=1S/C80H155NO5/c1-3-5-7-9-11-13-15-17-19-21-42-46-50-54-58-62-66-70-74-80(85)86-75-71-67-63-59-55-51-47-43-40-38-36-34-32-30-28-26-24-22-23-25-27-29-31-33-35-37-39-41-45-49-53-57-61-65-69-73-79(84)81-77(76-82)78(83)72-68-64-60-56-52-48-44-20-18-16-14-12-10-8-6-4-2/h24,26,68,72,77-78,82-83H,3-23,25,27-67,69-71,73-76H2,1-2H3,(H,81,84)/b26-24-,72-68+. The minimum absolute atomic E-state index is 0.0254. The number of carbonyl (C=O) groups excluding carboxylic acids is 2. The van der Waals surface area contributed by atoms with Gasteiger partial charge in [0.25, 0.3) is 0 Å². The normalized spacial score (nSPS) is 12.6. The highest BCUT2D eigenvalue weighted by molar-refractivity contribution is 5.76. The van der Waals surface area contributed by atoms with E-state index in [1.807, 2.05) is 6.08 Å². The number of unbranched alkanes of at least 4 members (excludes halogenated alkanes) is 62. The number of allylic oxidation sites excluding steroid dienone is 3. The predicted molar refractivity (Wildman–Crippen MR) is 380 cm³/mol. The van der Waals surface area contributed by atoms with E-state index in [1.165, 1.54) is 385 Å². The minimum Gasteiger partial charge on any atom is -0.466 e. The molecule has 0 saturated carbocycles. The van der Waals surface area contributed by atoms with Crippen molar-refractivity contribution < 1.29 is 24.5 Å². The van der Waals surface area contributed by atoms with Gasteiger partial charge in [0, 0.05) is 12.8 Å². The van der Waals surface area contributed by atoms with Gasteiger partial charge >= 0.3 is 5.97 Å². The molecule has 86 heavy (non-hydrogen) atoms. The van der Waals surface area contributed by atoms with E-state index in [1.54, 1.807) is 6.08 Å². The maximum Gasteiger partial charge on any atom is 0.305 e. The van der Waals surface area contributed by atoms with Crippen LogP contribution in [0.1, 0.15) is 450 Å². The number of rotatable bonds is 75. The van der Waals surface area contributed by atoms with Gasteiger partial charge < -0.3 is 20.3 Å². The molecule has 2 unspecified atom stereocenters. The van der Waals surface area contributed by atoms with Crippen LogP contribution in [0.3, 0.4) is 0 Å². The van der Waals surface area contributed by atoms with E-state index >= 15 is 0 Å². The van der Waals surface area contributed by atoms with Gasteiger partial charge in [0.15, 0.2) is 0 Å². The number of carbonyl (C=O) groups is 2. The first-order valence-electron chi connectivity index (χ1n) is 39.6. The smallest absolute Gasteiger partial charge is 0.305 e. The van der Waals surface area contributed by atoms with Crippen LogP contribution in [0.15, 0.2) is 24.3 Å². The van der Waals surface area contributed by atoms with Gasteiger partial charge in [-0.1, -0.05) is 404 Å². The molecule has 0 radical (unpaired) electrons. The van der Waals surface area contributed by atoms with Crippen molar-refractivity contribution in [3.05, 3.63) is 24.3 Å². The number of aliphatic hydroxyl groups is 2. The predicted octanol–water partition coefficient (Wildman–Crippen LogP) is 26.0. The highest BCUT2D eigenvalue weighted by Crippen LogP contribution is 2.20. The summed E-state index contributed by atoms with van der Waals surface area (Å²) in [6, 6.07) is -0.625. The zero-order valence-corrected chi connectivity index (χ0v) is 58.6. The molecule has 0 aliphatic rings. The summed E-state index contributed by atoms with van der Waals surface area (Å²) in [6.45, 7) is 4.96. The summed E-state index contributed by atoms with van der Waals surface area (Å²) in [5.41, 5.74) is 0. The van der Waals surface area contributed by atoms with Crippen molar-refractivity contribution in [2.45, 2.75) is 463 Å². The van der Waals surface area contributed by atoms with Crippen molar-refractivity contribution in [1.82, 2.24) is 5.32 Å². The quantitative estimate of drug-likeness (QED) is 0.0320. The Morgan fingerprint density at radius 2 is 0.547 bits per heavy atom. The van der Waals surface area contributed by atoms with Gasteiger partial charge in [-0.15, -0.1) is 0 Å². The van der Waals surface area contributed by atoms with Crippen LogP contribution in [0.5, 0.6) is 0 Å². The number of hydrogen-bond donors (Lipinski definition) is 3. The molecule has 0 aliphatic heterocycles. The van der Waals surface area contributed by atoms with Crippen molar-refractivity contribution in [2.75, 3.05) is 13.2 Å². The maximum absolute atomic E-state index is 12.5. The third-order valence-corrected chi connectivity index (χ3v) is 18.7. The summed E-state index contributed by atoms with van der Waals surface area (Å²) >= 11 is 0. The molecule has 0 aromatic heterocycles. The van der Waals surface area contributed by atoms with E-state index < -0.39 is 12.1 Å². The Labute approximate surface area is 539 Å². The molecule has 510 valence electrons. The second-order valence-electron chi connectivity index (χ2n) is 27.4. The second-order valence-corrected chi connectivity index (χ2v) is 27.4. The molecular weight excluding hydrogens is 1050 g/mol. The molecule has 0 fully saturated rings. The molecule has 0 aromatic rings. The van der Waals surface area contributed by atoms with Crippen LogP contribution >= 0.6 is 0 Å². The summed E-state index contributed by atoms with van der Waals surface area (Å²) in [6.07, 6.45) is 97.3. The topological polar surface area (TPSA) is 95.9 Å². The third-order valence-electron chi connectivity index (χ3n) is 18.7. The van der Waals surface area contributed by atoms with Crippen LogP contribution < -0.4 is 5.32 Å². The van der Waals surface area contributed by atoms with Crippen molar-refractivity contribution >= 4 is 11.9 Å². The molecular formula is C80H155NO5. The van der Waals surface area contributed by atoms with E-state index in [0.29, 0.717) is 19.4 Å². The fraction of sp³-hybridized carbons (Fsp3) is 0.925. The zero-order chi connectivity index (χ0) is 62.0. The summed E-state index contributed by atoms with van der Waals surface area (Å²) < 4.78 is 5.52. The van der Waals surface area contributed by atoms with Crippen molar-refractivity contribution in [3.63, 3.8) is 0 Å². The highest BCUT2D eigenvalue weighted by Gasteiger charge is 2.18. The Morgan fingerprint density at radius 1 is 0.314 bits per heavy atom. The summed E-state index contributed by atoms with van der Waals surface area (Å²) in [5.74, 6) is -0.0356. The number of aliphatic hydroxyl groups excluding tert-OH is 2. The molecule has 0 saturated heterocycles. The fourth-order valence-corrected chi connectivity index (χ4v) is 12.7. The summed E-state index contributed by atoms with van der Waals surface area (Å²) in [7, 11) is 0. The Bertz CT molecular complexity index is 1350. The molecule has 0 heterocycles. The Hall–Kier alpha value is -1.66. The third kappa shape index (κ3) is 71.4. The lowest BCUT2D eigenvalue weighted by Crippen LogP contribution is -2.45. The monoisotopic (exact) mass is 1210 g/mol. The Balaban J connectivity index is 3.33. The minimum atomic E-state index is -0.842. The first kappa shape index (κ1) is 84.3. The average molecular weight is 1210 g/mol. The number of amides is 1. The van der Waals surface area contributed by atoms with Crippen molar-refractivity contribution in [1.29, 1.82) is 0 Å². The lowest BCUT2D eigenvalue weighted by Gasteiger charge is -2.20. The number of ether oxygens (including phenoxy) is 1. The number of nitrogens with one attached hydrogen (secondary N) is 1. The van der Waals surface area contributed by atoms with E-state index in [0.717, 1.165) is 38.5 Å². The molecule has 6 nitrogen and oxygen atoms in total. The first-order valence-corrected chi connectivity index (χ1v) is 39.6. The lowest BCUT2D eigenvalue weighted by molar-refractivity contribution is -0.143. The van der Waals surface area contributed by atoms with E-state index in [9.17, 15) is 19.8 Å². The maximum atomic E-state index is 12.5. The van der Waals surface area contributed by atoms with Gasteiger partial charge in [-0.2, -0.15) is 0 Å². The largest absolute Gasteiger partial charge is 0.466 e. The van der Waals surface area contributed by atoms with Crippen LogP contribution in [0.2, 0.25) is 0 Å². The van der Waals surface area contributed by atoms with Gasteiger partial charge in [-0.3, -0.25) is 9.59 Å². The molecule has 3 N–H and O–H groups in total. The van der Waals surface area contributed by atoms with Crippen LogP contribution in [-0.4, -0.2) is 47.4 Å². The Kier molecular flexibility index (Phi) is 74.3. The fourth-order valence-electron chi connectivity index (χ4n) is 12.7. The van der Waals surface area contributed by atoms with E-state index in [-0.39, 0.29) is 18.5 Å². The summed E-state index contributed by atoms with van der Waals surface area (Å²) in [4.78, 5) is 24.6. The molecule has 0 rings (SSSR count). The van der Waals surface area contributed by atoms with Crippen molar-refractivity contribution in [3.8, 4) is 0 Å². The first-order chi connectivity index (χ1) is 42.5. The van der Waals surface area contributed by atoms with Crippen molar-refractivity contribution in [2.24, 2.45) is 0 Å². The van der Waals surface area contributed by atoms with Crippen LogP contribution in [0.4, 0.5) is 0 Å². The van der Waals surface area contributed by atoms with E-state index in [4.69, 9.17) is 4.74 Å². The molecule has 0 aromatic carbocycles. The molecule has 0 bridgehead atoms.